The van der Waals surface area contributed by atoms with Crippen molar-refractivity contribution < 1.29 is 35.8 Å². The Morgan fingerprint density at radius 2 is 1.48 bits per heavy atom. The molecule has 0 N–H and O–H groups in total. The summed E-state index contributed by atoms with van der Waals surface area (Å²) in [7, 11) is -1.33. The highest BCUT2D eigenvalue weighted by molar-refractivity contribution is 7.84. The first-order valence-electron chi connectivity index (χ1n) is 8.12. The van der Waals surface area contributed by atoms with Crippen LogP contribution in [0.2, 0.25) is 0 Å². The van der Waals surface area contributed by atoms with Gasteiger partial charge in [-0.3, -0.25) is 18.7 Å². The number of rotatable bonds is 6. The van der Waals surface area contributed by atoms with Gasteiger partial charge < -0.3 is 0 Å². The van der Waals surface area contributed by atoms with Crippen molar-refractivity contribution in [1.82, 2.24) is 4.90 Å². The van der Waals surface area contributed by atoms with Crippen molar-refractivity contribution in [2.75, 3.05) is 18.6 Å². The average Bonchev–Trinajstić information content (AvgIpc) is 2.80. The zero-order valence-electron chi connectivity index (χ0n) is 14.8. The van der Waals surface area contributed by atoms with Crippen molar-refractivity contribution in [3.05, 3.63) is 35.4 Å². The van der Waals surface area contributed by atoms with E-state index in [0.29, 0.717) is 17.7 Å². The second-order valence-corrected chi connectivity index (χ2v) is 7.45. The minimum Gasteiger partial charge on any atom is -0.274 e. The van der Waals surface area contributed by atoms with E-state index < -0.39 is 35.7 Å². The number of halogens is 5. The van der Waals surface area contributed by atoms with E-state index in [1.54, 1.807) is 24.3 Å². The van der Waals surface area contributed by atoms with Crippen LogP contribution in [0, 0.1) is 0 Å². The summed E-state index contributed by atoms with van der Waals surface area (Å²) < 4.78 is 69.3. The summed E-state index contributed by atoms with van der Waals surface area (Å²) in [5.41, 5.74) is 1.07. The number of hydrogen-bond donors (Lipinski definition) is 0. The second-order valence-electron chi connectivity index (χ2n) is 5.89. The fraction of sp³-hybridized carbons (Fsp3) is 0.529. The number of carbonyl (C=O) groups is 2. The molecular formula is C17H20F5NO3S. The number of amides is 2. The van der Waals surface area contributed by atoms with Gasteiger partial charge in [-0.05, 0) is 25.0 Å². The summed E-state index contributed by atoms with van der Waals surface area (Å²) in [6, 6.07) is 6.95. The third kappa shape index (κ3) is 6.08. The Balaban J connectivity index is 0.000000271. The van der Waals surface area contributed by atoms with Crippen molar-refractivity contribution in [3.8, 4) is 0 Å². The van der Waals surface area contributed by atoms with Gasteiger partial charge >= 0.3 is 12.1 Å². The van der Waals surface area contributed by atoms with Crippen molar-refractivity contribution in [1.29, 1.82) is 0 Å². The standard InChI is InChI=1S/C11H11NO2.C6H9F5OS/c1-2-7-12-10(13)8-5-3-4-6-9(8)11(12)14;1-13(12)4-2-3-5(7,8)6(9,10)11/h3-6H,2,7H2,1H3;2-4H2,1H3. The number of nitrogens with zero attached hydrogens (tertiary/aromatic N) is 1. The van der Waals surface area contributed by atoms with E-state index in [-0.39, 0.29) is 17.6 Å². The Kier molecular flexibility index (Phi) is 8.06. The zero-order chi connectivity index (χ0) is 20.8. The molecule has 0 spiro atoms. The van der Waals surface area contributed by atoms with Gasteiger partial charge in [0.2, 0.25) is 0 Å². The number of fused-ring (bicyclic) bond motifs is 1. The summed E-state index contributed by atoms with van der Waals surface area (Å²) in [6.07, 6.45) is -5.13. The molecule has 0 aromatic heterocycles. The lowest BCUT2D eigenvalue weighted by Crippen LogP contribution is -2.36. The number of imide groups is 1. The van der Waals surface area contributed by atoms with Crippen LogP contribution in [-0.4, -0.2) is 51.6 Å². The monoisotopic (exact) mass is 413 g/mol. The summed E-state index contributed by atoms with van der Waals surface area (Å²) in [4.78, 5) is 24.7. The molecule has 1 unspecified atom stereocenters. The number of benzene rings is 1. The van der Waals surface area contributed by atoms with Crippen LogP contribution in [0.3, 0.4) is 0 Å². The molecule has 0 aliphatic carbocycles. The topological polar surface area (TPSA) is 54.5 Å². The maximum atomic E-state index is 12.2. The molecule has 0 bridgehead atoms. The van der Waals surface area contributed by atoms with E-state index in [4.69, 9.17) is 0 Å². The lowest BCUT2D eigenvalue weighted by Gasteiger charge is -2.18. The molecule has 1 aliphatic heterocycles. The van der Waals surface area contributed by atoms with E-state index >= 15 is 0 Å². The smallest absolute Gasteiger partial charge is 0.274 e. The van der Waals surface area contributed by atoms with Crippen LogP contribution in [0.5, 0.6) is 0 Å². The van der Waals surface area contributed by atoms with Gasteiger partial charge in [0.25, 0.3) is 11.8 Å². The van der Waals surface area contributed by atoms with Crippen LogP contribution in [0.4, 0.5) is 22.0 Å². The fourth-order valence-corrected chi connectivity index (χ4v) is 2.86. The van der Waals surface area contributed by atoms with E-state index in [1.165, 1.54) is 11.2 Å². The van der Waals surface area contributed by atoms with E-state index in [0.717, 1.165) is 6.42 Å². The van der Waals surface area contributed by atoms with Crippen LogP contribution >= 0.6 is 0 Å². The van der Waals surface area contributed by atoms with Gasteiger partial charge in [0.05, 0.1) is 11.1 Å². The Bertz CT molecular complexity index is 671. The Labute approximate surface area is 156 Å². The zero-order valence-corrected chi connectivity index (χ0v) is 15.6. The van der Waals surface area contributed by atoms with Crippen LogP contribution in [0.15, 0.2) is 24.3 Å². The van der Waals surface area contributed by atoms with Crippen molar-refractivity contribution in [2.45, 2.75) is 38.3 Å². The Morgan fingerprint density at radius 3 is 1.85 bits per heavy atom. The molecule has 2 amide bonds. The van der Waals surface area contributed by atoms with Gasteiger partial charge in [-0.25, -0.2) is 0 Å². The molecule has 4 nitrogen and oxygen atoms in total. The first-order valence-corrected chi connectivity index (χ1v) is 9.85. The van der Waals surface area contributed by atoms with Gasteiger partial charge in [-0.1, -0.05) is 19.1 Å². The van der Waals surface area contributed by atoms with Gasteiger partial charge in [0, 0.05) is 35.8 Å². The van der Waals surface area contributed by atoms with Gasteiger partial charge in [0.1, 0.15) is 0 Å². The number of carbonyl (C=O) groups excluding carboxylic acids is 2. The van der Waals surface area contributed by atoms with Crippen molar-refractivity contribution in [2.24, 2.45) is 0 Å². The largest absolute Gasteiger partial charge is 0.453 e. The maximum absolute atomic E-state index is 12.2. The van der Waals surface area contributed by atoms with Crippen LogP contribution in [0.25, 0.3) is 0 Å². The van der Waals surface area contributed by atoms with Crippen LogP contribution < -0.4 is 0 Å². The molecular weight excluding hydrogens is 393 g/mol. The Hall–Kier alpha value is -1.84. The third-order valence-corrected chi connectivity index (χ3v) is 4.53. The maximum Gasteiger partial charge on any atom is 0.453 e. The number of alkyl halides is 5. The molecule has 1 heterocycles. The molecule has 152 valence electrons. The molecule has 0 fully saturated rings. The minimum absolute atomic E-state index is 0.133. The summed E-state index contributed by atoms with van der Waals surface area (Å²) in [5, 5.41) is 0. The van der Waals surface area contributed by atoms with Gasteiger partial charge in [0.15, 0.2) is 0 Å². The van der Waals surface area contributed by atoms with Crippen molar-refractivity contribution in [3.63, 3.8) is 0 Å². The molecule has 0 radical (unpaired) electrons. The molecule has 0 saturated carbocycles. The van der Waals surface area contributed by atoms with E-state index in [9.17, 15) is 35.8 Å². The second kappa shape index (κ2) is 9.38. The number of hydrogen-bond acceptors (Lipinski definition) is 3. The highest BCUT2D eigenvalue weighted by Gasteiger charge is 2.56. The molecule has 1 atom stereocenters. The lowest BCUT2D eigenvalue weighted by molar-refractivity contribution is -0.284. The first kappa shape index (κ1) is 23.2. The summed E-state index contributed by atoms with van der Waals surface area (Å²) >= 11 is 0. The molecule has 10 heteroatoms. The first-order chi connectivity index (χ1) is 12.4. The highest BCUT2D eigenvalue weighted by Crippen LogP contribution is 2.38. The quantitative estimate of drug-likeness (QED) is 0.523. The van der Waals surface area contributed by atoms with E-state index in [2.05, 4.69) is 0 Å². The normalized spacial score (nSPS) is 15.3. The lowest BCUT2D eigenvalue weighted by atomic mass is 10.1. The SMILES string of the molecule is CCCN1C(=O)c2ccccc2C1=O.CS(=O)CCCC(F)(F)C(F)(F)F. The fourth-order valence-electron chi connectivity index (χ4n) is 2.31. The summed E-state index contributed by atoms with van der Waals surface area (Å²) in [5.74, 6) is -5.11. The summed E-state index contributed by atoms with van der Waals surface area (Å²) in [6.45, 7) is 2.45. The highest BCUT2D eigenvalue weighted by atomic mass is 32.2. The third-order valence-electron chi connectivity index (χ3n) is 3.66. The molecule has 2 rings (SSSR count). The Morgan fingerprint density at radius 1 is 1.00 bits per heavy atom. The predicted octanol–water partition coefficient (Wildman–Crippen LogP) is 4.04. The predicted molar refractivity (Wildman–Crippen MR) is 91.3 cm³/mol. The van der Waals surface area contributed by atoms with E-state index in [1.807, 2.05) is 6.92 Å². The minimum atomic E-state index is -5.50. The molecule has 27 heavy (non-hydrogen) atoms. The molecule has 1 aliphatic rings. The van der Waals surface area contributed by atoms with Crippen molar-refractivity contribution >= 4 is 22.6 Å². The van der Waals surface area contributed by atoms with Gasteiger partial charge in [-0.15, -0.1) is 0 Å². The molecule has 1 aromatic rings. The molecule has 0 saturated heterocycles. The average molecular weight is 413 g/mol. The molecule has 1 aromatic carbocycles. The van der Waals surface area contributed by atoms with Crippen LogP contribution in [-0.2, 0) is 10.8 Å². The van der Waals surface area contributed by atoms with Crippen LogP contribution in [0.1, 0.15) is 46.9 Å². The van der Waals surface area contributed by atoms with Gasteiger partial charge in [-0.2, -0.15) is 22.0 Å².